The third-order valence-electron chi connectivity index (χ3n) is 18.3. The number of aliphatic carboxylic acids is 1. The largest absolute Gasteiger partial charge is 0.479 e. The SMILES string of the molecule is CC[C@@]1(O)C(=O)OCc2c1cc1n(c2=O)Cc2c-1nc1cc(F)c(C)c3c1c2[C@@H](NC(=O)OCc1ccc(O[C@@H]2O[C@H](C(=O)O)[C@@H](O)[C@H](O)[C@H]2O)c(CNC(=O)CCNC(=O)[C@H](CCCC(=O)N[C@H]2CO[C@H]4[C@@H]2OC[C@@H]4NC(=O)CCOCCOC)NC(=O)CCNC(=O)CBr)c1)CC3. The fourth-order valence-electron chi connectivity index (χ4n) is 13.1. The second kappa shape index (κ2) is 32.3. The standard InChI is InChI=1S/C65H79BrFN9O23/c1-4-65(91)36-21-43-52-34(25-76(43)60(86)35(36)27-96-63(65)89)51-38(10-9-33-30(2)37(67)22-40(74-52)50(33)51)75-64(90)97-26-31-8-11-44(98-62-55(84)53(82)54(83)58(99-62)61(87)88)32(20-31)24-70-45(77)12-16-69-59(85)39(71-47(79)13-15-68-49(81)23-66)6-5-7-46(78)72-41-28-94-57-42(29-95-56(41)57)73-48(80)14-17-93-19-18-92-3/h8,11,20-22,38-39,41-42,53-58,62,82-84,91H,4-7,9-10,12-19,23-29H2,1-3H3,(H,68,81)(H,69,85)(H,70,77)(H,71,79)(H,72,78)(H,73,80)(H,75,90)(H,87,88)/t38-,39-,41-,42-,53-,54-,55+,56+,57+,58-,62+,65-/m0/s1. The third-order valence-corrected chi connectivity index (χ3v) is 18.9. The van der Waals surface area contributed by atoms with E-state index in [4.69, 9.17) is 42.9 Å². The fraction of sp³-hybridized carbons (Fsp3) is 0.554. The van der Waals surface area contributed by atoms with Gasteiger partial charge in [-0.25, -0.2) is 23.8 Å². The summed E-state index contributed by atoms with van der Waals surface area (Å²) < 4.78 is 61.5. The lowest BCUT2D eigenvalue weighted by Gasteiger charge is -2.38. The Hall–Kier alpha value is -8.32. The molecule has 3 saturated heterocycles. The molecule has 6 aliphatic rings. The minimum absolute atomic E-state index is 0.00575. The fourth-order valence-corrected chi connectivity index (χ4v) is 13.3. The summed E-state index contributed by atoms with van der Waals surface area (Å²) in [6.07, 6.45) is -11.9. The molecule has 3 fully saturated rings. The highest BCUT2D eigenvalue weighted by atomic mass is 79.9. The lowest BCUT2D eigenvalue weighted by atomic mass is 9.81. The Morgan fingerprint density at radius 1 is 0.828 bits per heavy atom. The molecule has 1 aliphatic carbocycles. The van der Waals surface area contributed by atoms with E-state index >= 15 is 4.39 Å². The van der Waals surface area contributed by atoms with Crippen molar-refractivity contribution < 1.29 is 111 Å². The second-order valence-electron chi connectivity index (χ2n) is 24.8. The Morgan fingerprint density at radius 2 is 1.55 bits per heavy atom. The normalized spacial score (nSPS) is 24.2. The highest BCUT2D eigenvalue weighted by Gasteiger charge is 2.51. The number of aromatic nitrogens is 2. The zero-order chi connectivity index (χ0) is 71.0. The number of pyridine rings is 2. The summed E-state index contributed by atoms with van der Waals surface area (Å²) in [5.41, 5.74) is 0.890. The number of nitrogens with one attached hydrogen (secondary N) is 7. The van der Waals surface area contributed by atoms with Crippen LogP contribution >= 0.6 is 15.9 Å². The van der Waals surface area contributed by atoms with Gasteiger partial charge < -0.3 is 105 Å². The number of hydrogen-bond donors (Lipinski definition) is 12. The average molecular weight is 1450 g/mol. The van der Waals surface area contributed by atoms with Crippen molar-refractivity contribution in [2.45, 2.75) is 171 Å². The Bertz CT molecular complexity index is 3840. The Kier molecular flexibility index (Phi) is 24.0. The molecule has 34 heteroatoms. The number of rotatable bonds is 30. The number of nitrogens with zero attached hydrogens (tertiary/aromatic N) is 2. The van der Waals surface area contributed by atoms with Crippen LogP contribution in [0.1, 0.15) is 109 Å². The molecule has 7 amide bonds. The maximum absolute atomic E-state index is 15.6. The Labute approximate surface area is 573 Å². The quantitative estimate of drug-likeness (QED) is 0.0152. The van der Waals surface area contributed by atoms with Crippen molar-refractivity contribution >= 4 is 80.3 Å². The molecule has 12 atom stereocenters. The van der Waals surface area contributed by atoms with E-state index in [1.807, 2.05) is 0 Å². The molecular weight excluding hydrogens is 1370 g/mol. The second-order valence-corrected chi connectivity index (χ2v) is 25.3. The number of halogens is 2. The number of cyclic esters (lactones) is 1. The van der Waals surface area contributed by atoms with Gasteiger partial charge in [0.1, 0.15) is 61.3 Å². The van der Waals surface area contributed by atoms with E-state index < -0.39 is 132 Å². The molecular formula is C65H79BrFN9O23. The summed E-state index contributed by atoms with van der Waals surface area (Å²) >= 11 is 3.04. The van der Waals surface area contributed by atoms with Crippen molar-refractivity contribution in [1.82, 2.24) is 46.8 Å². The van der Waals surface area contributed by atoms with Crippen LogP contribution in [0.3, 0.4) is 0 Å². The number of esters is 1. The highest BCUT2D eigenvalue weighted by Crippen LogP contribution is 2.46. The van der Waals surface area contributed by atoms with Crippen molar-refractivity contribution in [3.8, 4) is 17.1 Å². The van der Waals surface area contributed by atoms with Crippen LogP contribution in [0.5, 0.6) is 5.75 Å². The van der Waals surface area contributed by atoms with Gasteiger partial charge in [-0.2, -0.15) is 0 Å². The number of benzene rings is 2. The molecule has 0 radical (unpaired) electrons. The van der Waals surface area contributed by atoms with Gasteiger partial charge in [0.15, 0.2) is 11.7 Å². The molecule has 0 saturated carbocycles. The van der Waals surface area contributed by atoms with Gasteiger partial charge >= 0.3 is 18.0 Å². The summed E-state index contributed by atoms with van der Waals surface area (Å²) in [5, 5.41) is 72.8. The summed E-state index contributed by atoms with van der Waals surface area (Å²) in [4.78, 5) is 136. The van der Waals surface area contributed by atoms with Crippen LogP contribution in [0.2, 0.25) is 0 Å². The molecule has 2 aromatic carbocycles. The maximum Gasteiger partial charge on any atom is 0.407 e. The predicted molar refractivity (Wildman–Crippen MR) is 342 cm³/mol. The van der Waals surface area contributed by atoms with Crippen LogP contribution in [0.15, 0.2) is 35.1 Å². The van der Waals surface area contributed by atoms with Crippen LogP contribution in [-0.4, -0.2) is 208 Å². The van der Waals surface area contributed by atoms with Crippen LogP contribution < -0.4 is 47.5 Å². The number of fused-ring (bicyclic) bond motifs is 6. The number of carboxylic acids is 1. The van der Waals surface area contributed by atoms with E-state index in [0.717, 1.165) is 0 Å². The van der Waals surface area contributed by atoms with Gasteiger partial charge in [-0.05, 0) is 79.5 Å². The van der Waals surface area contributed by atoms with Gasteiger partial charge in [0, 0.05) is 80.6 Å². The molecule has 0 bridgehead atoms. The number of alkyl carbamates (subject to hydrolysis) is 1. The molecule has 536 valence electrons. The predicted octanol–water partition coefficient (Wildman–Crippen LogP) is -0.789. The summed E-state index contributed by atoms with van der Waals surface area (Å²) in [6, 6.07) is 4.04. The summed E-state index contributed by atoms with van der Waals surface area (Å²) in [5.74, 6) is -6.21. The van der Waals surface area contributed by atoms with Crippen molar-refractivity contribution in [2.24, 2.45) is 0 Å². The number of carboxylic acid groups (broad SMARTS) is 1. The van der Waals surface area contributed by atoms with Gasteiger partial charge in [-0.3, -0.25) is 33.6 Å². The number of aryl methyl sites for hydroxylation is 1. The topological polar surface area (TPSA) is 448 Å². The molecule has 0 unspecified atom stereocenters. The van der Waals surface area contributed by atoms with Crippen LogP contribution in [0, 0.1) is 12.7 Å². The number of alkyl halides is 1. The van der Waals surface area contributed by atoms with Gasteiger partial charge in [-0.15, -0.1) is 0 Å². The van der Waals surface area contributed by atoms with Crippen molar-refractivity contribution in [1.29, 1.82) is 0 Å². The van der Waals surface area contributed by atoms with E-state index in [2.05, 4.69) is 53.1 Å². The first kappa shape index (κ1) is 73.4. The van der Waals surface area contributed by atoms with Crippen LogP contribution in [0.4, 0.5) is 9.18 Å². The monoisotopic (exact) mass is 1450 g/mol. The first-order valence-corrected chi connectivity index (χ1v) is 33.6. The first-order valence-electron chi connectivity index (χ1n) is 32.4. The number of aliphatic hydroxyl groups is 4. The van der Waals surface area contributed by atoms with Crippen molar-refractivity contribution in [3.05, 3.63) is 91.0 Å². The Morgan fingerprint density at radius 3 is 2.25 bits per heavy atom. The molecule has 0 spiro atoms. The molecule has 4 aromatic rings. The van der Waals surface area contributed by atoms with E-state index in [1.54, 1.807) is 21.0 Å². The number of hydrogen-bond acceptors (Lipinski definition) is 23. The van der Waals surface area contributed by atoms with Crippen LogP contribution in [-0.2, 0) is 110 Å². The number of methoxy groups -OCH3 is 1. The number of ether oxygens (including phenoxy) is 8. The lowest BCUT2D eigenvalue weighted by molar-refractivity contribution is -0.271. The van der Waals surface area contributed by atoms with Gasteiger partial charge in [0.25, 0.3) is 5.56 Å². The van der Waals surface area contributed by atoms with Gasteiger partial charge in [0.05, 0.1) is 85.5 Å². The summed E-state index contributed by atoms with van der Waals surface area (Å²) in [7, 11) is 1.54. The smallest absolute Gasteiger partial charge is 0.407 e. The van der Waals surface area contributed by atoms with Crippen LogP contribution in [0.25, 0.3) is 22.3 Å². The number of carbonyl (C=O) groups is 9. The molecule has 32 nitrogen and oxygen atoms in total. The number of carbonyl (C=O) groups excluding carboxylic acids is 8. The highest BCUT2D eigenvalue weighted by molar-refractivity contribution is 9.09. The zero-order valence-electron chi connectivity index (χ0n) is 54.3. The maximum atomic E-state index is 15.6. The molecule has 2 aromatic heterocycles. The minimum atomic E-state index is -2.11. The third kappa shape index (κ3) is 16.5. The number of amides is 7. The molecule has 5 aliphatic heterocycles. The first-order chi connectivity index (χ1) is 47.4. The molecule has 99 heavy (non-hydrogen) atoms. The number of aliphatic hydroxyl groups excluding tert-OH is 3. The molecule has 10 rings (SSSR count). The Balaban J connectivity index is 0.782. The van der Waals surface area contributed by atoms with E-state index in [1.165, 1.54) is 34.9 Å². The van der Waals surface area contributed by atoms with E-state index in [-0.39, 0.29) is 160 Å². The van der Waals surface area contributed by atoms with Crippen molar-refractivity contribution in [2.75, 3.05) is 58.6 Å². The van der Waals surface area contributed by atoms with E-state index in [9.17, 15) is 73.5 Å². The van der Waals surface area contributed by atoms with E-state index in [0.29, 0.717) is 52.8 Å². The van der Waals surface area contributed by atoms with Gasteiger partial charge in [0.2, 0.25) is 41.7 Å². The molecule has 12 N–H and O–H groups in total. The summed E-state index contributed by atoms with van der Waals surface area (Å²) in [6.45, 7) is 2.92. The van der Waals surface area contributed by atoms with Crippen molar-refractivity contribution in [3.63, 3.8) is 0 Å². The zero-order valence-corrected chi connectivity index (χ0v) is 55.9. The lowest BCUT2D eigenvalue weighted by Crippen LogP contribution is -2.61. The minimum Gasteiger partial charge on any atom is -0.479 e. The van der Waals surface area contributed by atoms with Gasteiger partial charge in [-0.1, -0.05) is 28.9 Å². The average Bonchev–Trinajstić information content (AvgIpc) is 1.61. The molecule has 7 heterocycles.